The van der Waals surface area contributed by atoms with Crippen molar-refractivity contribution in [2.24, 2.45) is 5.92 Å². The number of carbonyl (C=O) groups excluding carboxylic acids is 1. The molecular formula is C11H16N2O. The Labute approximate surface area is 84.1 Å². The lowest BCUT2D eigenvalue weighted by atomic mass is 10.2. The standard InChI is InChI=1S/C11H16N2O/c1-2-6-13-7-5-12-11(13)10(14)8-9-3-4-9/h5,7,9H,2-4,6,8H2,1H3. The van der Waals surface area contributed by atoms with Crippen LogP contribution in [0, 0.1) is 5.92 Å². The van der Waals surface area contributed by atoms with Crippen molar-refractivity contribution >= 4 is 5.78 Å². The molecule has 0 amide bonds. The Kier molecular flexibility index (Phi) is 2.66. The lowest BCUT2D eigenvalue weighted by Gasteiger charge is -2.04. The molecule has 1 aliphatic carbocycles. The summed E-state index contributed by atoms with van der Waals surface area (Å²) in [5.74, 6) is 1.51. The van der Waals surface area contributed by atoms with E-state index in [2.05, 4.69) is 11.9 Å². The van der Waals surface area contributed by atoms with Crippen LogP contribution in [0.1, 0.15) is 43.2 Å². The molecule has 0 aromatic carbocycles. The van der Waals surface area contributed by atoms with Crippen molar-refractivity contribution in [3.8, 4) is 0 Å². The lowest BCUT2D eigenvalue weighted by molar-refractivity contribution is 0.0961. The van der Waals surface area contributed by atoms with Crippen molar-refractivity contribution in [1.82, 2.24) is 9.55 Å². The summed E-state index contributed by atoms with van der Waals surface area (Å²) in [4.78, 5) is 15.9. The van der Waals surface area contributed by atoms with Crippen LogP contribution in [0.2, 0.25) is 0 Å². The van der Waals surface area contributed by atoms with Crippen LogP contribution in [0.5, 0.6) is 0 Å². The van der Waals surface area contributed by atoms with Gasteiger partial charge in [0, 0.05) is 25.4 Å². The van der Waals surface area contributed by atoms with Gasteiger partial charge in [-0.05, 0) is 25.2 Å². The third-order valence-electron chi connectivity index (χ3n) is 2.60. The van der Waals surface area contributed by atoms with Gasteiger partial charge in [0.05, 0.1) is 0 Å². The SMILES string of the molecule is CCCn1ccnc1C(=O)CC1CC1. The first-order valence-corrected chi connectivity index (χ1v) is 5.35. The number of carbonyl (C=O) groups is 1. The van der Waals surface area contributed by atoms with Crippen molar-refractivity contribution in [3.05, 3.63) is 18.2 Å². The average molecular weight is 192 g/mol. The van der Waals surface area contributed by atoms with E-state index in [1.165, 1.54) is 12.8 Å². The molecule has 0 unspecified atom stereocenters. The van der Waals surface area contributed by atoms with Gasteiger partial charge in [-0.3, -0.25) is 4.79 Å². The fourth-order valence-corrected chi connectivity index (χ4v) is 1.66. The molecule has 1 aromatic heterocycles. The molecule has 1 aliphatic rings. The number of imidazole rings is 1. The van der Waals surface area contributed by atoms with Crippen LogP contribution < -0.4 is 0 Å². The maximum atomic E-state index is 11.8. The fourth-order valence-electron chi connectivity index (χ4n) is 1.66. The summed E-state index contributed by atoms with van der Waals surface area (Å²) in [5.41, 5.74) is 0. The van der Waals surface area contributed by atoms with Crippen LogP contribution in [0.25, 0.3) is 0 Å². The Morgan fingerprint density at radius 2 is 2.43 bits per heavy atom. The molecule has 3 nitrogen and oxygen atoms in total. The van der Waals surface area contributed by atoms with Crippen molar-refractivity contribution in [3.63, 3.8) is 0 Å². The second-order valence-electron chi connectivity index (χ2n) is 4.01. The van der Waals surface area contributed by atoms with Gasteiger partial charge in [0.2, 0.25) is 0 Å². The summed E-state index contributed by atoms with van der Waals surface area (Å²) in [6.07, 6.45) is 7.79. The minimum absolute atomic E-state index is 0.214. The summed E-state index contributed by atoms with van der Waals surface area (Å²) in [5, 5.41) is 0. The maximum absolute atomic E-state index is 11.8. The van der Waals surface area contributed by atoms with Gasteiger partial charge in [-0.2, -0.15) is 0 Å². The molecule has 3 heteroatoms. The fraction of sp³-hybridized carbons (Fsp3) is 0.636. The van der Waals surface area contributed by atoms with Crippen LogP contribution in [0.3, 0.4) is 0 Å². The minimum atomic E-state index is 0.214. The molecule has 0 radical (unpaired) electrons. The summed E-state index contributed by atoms with van der Waals surface area (Å²) in [6, 6.07) is 0. The second kappa shape index (κ2) is 3.95. The molecule has 2 rings (SSSR count). The van der Waals surface area contributed by atoms with E-state index in [0.717, 1.165) is 13.0 Å². The third kappa shape index (κ3) is 2.03. The first-order chi connectivity index (χ1) is 6.81. The van der Waals surface area contributed by atoms with Gasteiger partial charge < -0.3 is 4.57 Å². The Morgan fingerprint density at radius 1 is 1.64 bits per heavy atom. The highest BCUT2D eigenvalue weighted by atomic mass is 16.1. The van der Waals surface area contributed by atoms with Crippen molar-refractivity contribution in [2.75, 3.05) is 0 Å². The molecule has 76 valence electrons. The van der Waals surface area contributed by atoms with Crippen molar-refractivity contribution in [1.29, 1.82) is 0 Å². The summed E-state index contributed by atoms with van der Waals surface area (Å²) in [6.45, 7) is 3.00. The Balaban J connectivity index is 2.04. The predicted octanol–water partition coefficient (Wildman–Crippen LogP) is 2.28. The van der Waals surface area contributed by atoms with Crippen molar-refractivity contribution < 1.29 is 4.79 Å². The first-order valence-electron chi connectivity index (χ1n) is 5.35. The van der Waals surface area contributed by atoms with Crippen LogP contribution in [-0.4, -0.2) is 15.3 Å². The number of hydrogen-bond donors (Lipinski definition) is 0. The minimum Gasteiger partial charge on any atom is -0.329 e. The quantitative estimate of drug-likeness (QED) is 0.671. The highest BCUT2D eigenvalue weighted by molar-refractivity contribution is 5.93. The second-order valence-corrected chi connectivity index (χ2v) is 4.01. The number of aryl methyl sites for hydroxylation is 1. The monoisotopic (exact) mass is 192 g/mol. The molecule has 1 heterocycles. The molecule has 1 aromatic rings. The first kappa shape index (κ1) is 9.44. The zero-order valence-corrected chi connectivity index (χ0v) is 8.57. The zero-order chi connectivity index (χ0) is 9.97. The Hall–Kier alpha value is -1.12. The molecule has 0 atom stereocenters. The van der Waals surface area contributed by atoms with E-state index >= 15 is 0 Å². The zero-order valence-electron chi connectivity index (χ0n) is 8.57. The van der Waals surface area contributed by atoms with Gasteiger partial charge >= 0.3 is 0 Å². The number of rotatable bonds is 5. The molecule has 0 saturated heterocycles. The summed E-state index contributed by atoms with van der Waals surface area (Å²) < 4.78 is 1.96. The normalized spacial score (nSPS) is 15.8. The van der Waals surface area contributed by atoms with Crippen molar-refractivity contribution in [2.45, 2.75) is 39.2 Å². The smallest absolute Gasteiger partial charge is 0.198 e. The molecule has 0 aliphatic heterocycles. The highest BCUT2D eigenvalue weighted by Crippen LogP contribution is 2.33. The van der Waals surface area contributed by atoms with Crippen LogP contribution in [-0.2, 0) is 6.54 Å². The van der Waals surface area contributed by atoms with Gasteiger partial charge in [-0.15, -0.1) is 0 Å². The molecular weight excluding hydrogens is 176 g/mol. The predicted molar refractivity (Wildman–Crippen MR) is 54.2 cm³/mol. The van der Waals surface area contributed by atoms with Gasteiger partial charge in [-0.25, -0.2) is 4.98 Å². The molecule has 14 heavy (non-hydrogen) atoms. The van der Waals surface area contributed by atoms with Crippen LogP contribution in [0.4, 0.5) is 0 Å². The number of aromatic nitrogens is 2. The number of ketones is 1. The molecule has 0 N–H and O–H groups in total. The van der Waals surface area contributed by atoms with E-state index < -0.39 is 0 Å². The van der Waals surface area contributed by atoms with Crippen LogP contribution in [0.15, 0.2) is 12.4 Å². The number of Topliss-reactive ketones (excluding diaryl/α,β-unsaturated/α-hetero) is 1. The lowest BCUT2D eigenvalue weighted by Crippen LogP contribution is -2.10. The van der Waals surface area contributed by atoms with E-state index in [1.807, 2.05) is 10.8 Å². The largest absolute Gasteiger partial charge is 0.329 e. The Morgan fingerprint density at radius 3 is 3.07 bits per heavy atom. The molecule has 0 spiro atoms. The van der Waals surface area contributed by atoms with E-state index in [9.17, 15) is 4.79 Å². The topological polar surface area (TPSA) is 34.9 Å². The molecule has 1 fully saturated rings. The van der Waals surface area contributed by atoms with Gasteiger partial charge in [-0.1, -0.05) is 6.92 Å². The summed E-state index contributed by atoms with van der Waals surface area (Å²) >= 11 is 0. The van der Waals surface area contributed by atoms with Crippen LogP contribution >= 0.6 is 0 Å². The van der Waals surface area contributed by atoms with Gasteiger partial charge in [0.1, 0.15) is 0 Å². The Bertz CT molecular complexity index is 326. The van der Waals surface area contributed by atoms with Gasteiger partial charge in [0.25, 0.3) is 0 Å². The van der Waals surface area contributed by atoms with E-state index in [4.69, 9.17) is 0 Å². The molecule has 0 bridgehead atoms. The number of nitrogens with zero attached hydrogens (tertiary/aromatic N) is 2. The number of hydrogen-bond acceptors (Lipinski definition) is 2. The highest BCUT2D eigenvalue weighted by Gasteiger charge is 2.26. The summed E-state index contributed by atoms with van der Waals surface area (Å²) in [7, 11) is 0. The van der Waals surface area contributed by atoms with E-state index in [0.29, 0.717) is 18.2 Å². The third-order valence-corrected chi connectivity index (χ3v) is 2.60. The average Bonchev–Trinajstić information content (AvgIpc) is 2.83. The van der Waals surface area contributed by atoms with E-state index in [1.54, 1.807) is 6.20 Å². The van der Waals surface area contributed by atoms with Gasteiger partial charge in [0.15, 0.2) is 11.6 Å². The maximum Gasteiger partial charge on any atom is 0.198 e. The van der Waals surface area contributed by atoms with E-state index in [-0.39, 0.29) is 5.78 Å². The molecule has 1 saturated carbocycles.